The minimum atomic E-state index is -0.483. The van der Waals surface area contributed by atoms with Crippen LogP contribution in [0.4, 0.5) is 15.9 Å². The summed E-state index contributed by atoms with van der Waals surface area (Å²) in [6, 6.07) is 8.27. The third kappa shape index (κ3) is 6.71. The van der Waals surface area contributed by atoms with E-state index in [1.165, 1.54) is 18.5 Å². The van der Waals surface area contributed by atoms with Gasteiger partial charge in [-0.2, -0.15) is 0 Å². The number of anilines is 2. The molecule has 0 aliphatic heterocycles. The van der Waals surface area contributed by atoms with E-state index in [0.717, 1.165) is 23.1 Å². The highest BCUT2D eigenvalue weighted by Gasteiger charge is 2.18. The second-order valence-electron chi connectivity index (χ2n) is 7.37. The number of thioether (sulfide) groups is 1. The molecule has 0 radical (unpaired) electrons. The van der Waals surface area contributed by atoms with Gasteiger partial charge in [-0.3, -0.25) is 4.79 Å². The monoisotopic (exact) mass is 491 g/mol. The normalized spacial score (nSPS) is 11.9. The number of carbonyl (C=O) groups excluding carboxylic acids is 1. The first-order valence-electron chi connectivity index (χ1n) is 10.8. The van der Waals surface area contributed by atoms with Crippen LogP contribution in [0.25, 0.3) is 10.9 Å². The second kappa shape index (κ2) is 12.0. The molecule has 0 saturated carbocycles. The predicted octanol–water partition coefficient (Wildman–Crippen LogP) is 6.78. The van der Waals surface area contributed by atoms with Crippen LogP contribution in [-0.4, -0.2) is 34.9 Å². The molecule has 0 bridgehead atoms. The molecule has 1 unspecified atom stereocenters. The van der Waals surface area contributed by atoms with Crippen LogP contribution in [-0.2, 0) is 9.53 Å². The molecule has 0 aliphatic carbocycles. The lowest BCUT2D eigenvalue weighted by atomic mass is 10.1. The standard InChI is InChI=1S/C24H27ClFN3O3S/c1-4-6-16(8-10-23(30)32-5-2)33-22-12-17-20(13-21(22)31-3)27-14-28-24(17)29-15-7-9-19(26)18(25)11-15/h7,9,11-14,16H,4-6,8,10H2,1-3H3,(H,27,28,29). The molecule has 0 amide bonds. The Hall–Kier alpha value is -2.58. The first-order valence-corrected chi connectivity index (χ1v) is 12.1. The zero-order valence-electron chi connectivity index (χ0n) is 18.9. The van der Waals surface area contributed by atoms with Gasteiger partial charge in [-0.15, -0.1) is 11.8 Å². The molecule has 33 heavy (non-hydrogen) atoms. The second-order valence-corrected chi connectivity index (χ2v) is 9.12. The quantitative estimate of drug-likeness (QED) is 0.234. The summed E-state index contributed by atoms with van der Waals surface area (Å²) in [5, 5.41) is 4.24. The number of benzene rings is 2. The number of hydrogen-bond donors (Lipinski definition) is 1. The van der Waals surface area contributed by atoms with E-state index in [-0.39, 0.29) is 16.2 Å². The summed E-state index contributed by atoms with van der Waals surface area (Å²) in [6.45, 7) is 4.32. The van der Waals surface area contributed by atoms with Gasteiger partial charge < -0.3 is 14.8 Å². The maximum Gasteiger partial charge on any atom is 0.305 e. The summed E-state index contributed by atoms with van der Waals surface area (Å²) in [5.41, 5.74) is 1.32. The predicted molar refractivity (Wildman–Crippen MR) is 131 cm³/mol. The molecule has 6 nitrogen and oxygen atoms in total. The number of rotatable bonds is 11. The molecule has 2 aromatic carbocycles. The van der Waals surface area contributed by atoms with Gasteiger partial charge in [0.05, 0.1) is 29.2 Å². The summed E-state index contributed by atoms with van der Waals surface area (Å²) in [6.07, 6.45) is 4.50. The Morgan fingerprint density at radius 2 is 2.03 bits per heavy atom. The van der Waals surface area contributed by atoms with Crippen molar-refractivity contribution in [3.05, 3.63) is 47.5 Å². The number of halogens is 2. The fourth-order valence-corrected chi connectivity index (χ4v) is 4.97. The van der Waals surface area contributed by atoms with Crippen molar-refractivity contribution in [2.75, 3.05) is 19.0 Å². The SMILES string of the molecule is CCCC(CCC(=O)OCC)Sc1cc2c(Nc3ccc(F)c(Cl)c3)ncnc2cc1OC. The Bertz CT molecular complexity index is 1120. The summed E-state index contributed by atoms with van der Waals surface area (Å²) >= 11 is 7.59. The lowest BCUT2D eigenvalue weighted by Gasteiger charge is -2.18. The fraction of sp³-hybridized carbons (Fsp3) is 0.375. The minimum Gasteiger partial charge on any atom is -0.496 e. The van der Waals surface area contributed by atoms with Crippen molar-refractivity contribution in [3.8, 4) is 5.75 Å². The van der Waals surface area contributed by atoms with Crippen molar-refractivity contribution < 1.29 is 18.7 Å². The summed E-state index contributed by atoms with van der Waals surface area (Å²) < 4.78 is 24.2. The molecule has 1 atom stereocenters. The number of esters is 1. The molecule has 9 heteroatoms. The zero-order valence-corrected chi connectivity index (χ0v) is 20.4. The molecule has 1 aromatic heterocycles. The largest absolute Gasteiger partial charge is 0.496 e. The number of aromatic nitrogens is 2. The molecule has 176 valence electrons. The smallest absolute Gasteiger partial charge is 0.305 e. The van der Waals surface area contributed by atoms with Crippen LogP contribution in [0.5, 0.6) is 5.75 Å². The van der Waals surface area contributed by atoms with Crippen molar-refractivity contribution in [3.63, 3.8) is 0 Å². The average molecular weight is 492 g/mol. The third-order valence-electron chi connectivity index (χ3n) is 4.98. The lowest BCUT2D eigenvalue weighted by Crippen LogP contribution is -2.10. The molecule has 1 N–H and O–H groups in total. The number of nitrogens with one attached hydrogen (secondary N) is 1. The van der Waals surface area contributed by atoms with Gasteiger partial charge in [-0.1, -0.05) is 24.9 Å². The summed E-state index contributed by atoms with van der Waals surface area (Å²) in [7, 11) is 1.62. The Labute approximate surface area is 202 Å². The Balaban J connectivity index is 1.91. The molecular weight excluding hydrogens is 465 g/mol. The third-order valence-corrected chi connectivity index (χ3v) is 6.65. The van der Waals surface area contributed by atoms with Gasteiger partial charge in [-0.05, 0) is 44.0 Å². The first kappa shape index (κ1) is 25.1. The van der Waals surface area contributed by atoms with Crippen LogP contribution in [0.2, 0.25) is 5.02 Å². The van der Waals surface area contributed by atoms with Gasteiger partial charge in [0.2, 0.25) is 0 Å². The van der Waals surface area contributed by atoms with Gasteiger partial charge in [-0.25, -0.2) is 14.4 Å². The van der Waals surface area contributed by atoms with E-state index in [2.05, 4.69) is 22.2 Å². The minimum absolute atomic E-state index is 0.0280. The van der Waals surface area contributed by atoms with Crippen molar-refractivity contribution in [1.82, 2.24) is 9.97 Å². The van der Waals surface area contributed by atoms with E-state index in [4.69, 9.17) is 21.1 Å². The Morgan fingerprint density at radius 3 is 2.73 bits per heavy atom. The van der Waals surface area contributed by atoms with Crippen LogP contribution in [0.1, 0.15) is 39.5 Å². The van der Waals surface area contributed by atoms with Gasteiger partial charge in [0, 0.05) is 28.8 Å². The zero-order chi connectivity index (χ0) is 23.8. The fourth-order valence-electron chi connectivity index (χ4n) is 3.40. The molecule has 3 aromatic rings. The Kier molecular flexibility index (Phi) is 9.14. The maximum atomic E-state index is 13.5. The van der Waals surface area contributed by atoms with Gasteiger partial charge >= 0.3 is 5.97 Å². The van der Waals surface area contributed by atoms with Crippen LogP contribution in [0.15, 0.2) is 41.6 Å². The number of ether oxygens (including phenoxy) is 2. The molecular formula is C24H27ClFN3O3S. The first-order chi connectivity index (χ1) is 15.9. The molecule has 3 rings (SSSR count). The van der Waals surface area contributed by atoms with E-state index in [1.807, 2.05) is 19.1 Å². The van der Waals surface area contributed by atoms with Gasteiger partial charge in [0.15, 0.2) is 0 Å². The highest BCUT2D eigenvalue weighted by atomic mass is 35.5. The molecule has 1 heterocycles. The maximum absolute atomic E-state index is 13.5. The number of carbonyl (C=O) groups is 1. The topological polar surface area (TPSA) is 73.3 Å². The molecule has 0 aliphatic rings. The molecule has 0 saturated heterocycles. The highest BCUT2D eigenvalue weighted by Crippen LogP contribution is 2.39. The van der Waals surface area contributed by atoms with Gasteiger partial charge in [0.1, 0.15) is 23.7 Å². The van der Waals surface area contributed by atoms with E-state index in [1.54, 1.807) is 24.9 Å². The molecule has 0 spiro atoms. The van der Waals surface area contributed by atoms with E-state index in [9.17, 15) is 9.18 Å². The van der Waals surface area contributed by atoms with Crippen LogP contribution < -0.4 is 10.1 Å². The number of fused-ring (bicyclic) bond motifs is 1. The van der Waals surface area contributed by atoms with Crippen LogP contribution in [0, 0.1) is 5.82 Å². The van der Waals surface area contributed by atoms with Crippen molar-refractivity contribution in [2.24, 2.45) is 0 Å². The van der Waals surface area contributed by atoms with Crippen LogP contribution in [0.3, 0.4) is 0 Å². The summed E-state index contributed by atoms with van der Waals surface area (Å²) in [5.74, 6) is 0.621. The summed E-state index contributed by atoms with van der Waals surface area (Å²) in [4.78, 5) is 21.5. The Morgan fingerprint density at radius 1 is 1.21 bits per heavy atom. The number of methoxy groups -OCH3 is 1. The highest BCUT2D eigenvalue weighted by molar-refractivity contribution is 8.00. The lowest BCUT2D eigenvalue weighted by molar-refractivity contribution is -0.143. The number of hydrogen-bond acceptors (Lipinski definition) is 7. The van der Waals surface area contributed by atoms with E-state index >= 15 is 0 Å². The van der Waals surface area contributed by atoms with Crippen LogP contribution >= 0.6 is 23.4 Å². The van der Waals surface area contributed by atoms with Crippen molar-refractivity contribution >= 4 is 51.7 Å². The van der Waals surface area contributed by atoms with E-state index < -0.39 is 5.82 Å². The van der Waals surface area contributed by atoms with Crippen molar-refractivity contribution in [2.45, 2.75) is 49.7 Å². The van der Waals surface area contributed by atoms with E-state index in [0.29, 0.717) is 42.2 Å². The average Bonchev–Trinajstić information content (AvgIpc) is 2.80. The van der Waals surface area contributed by atoms with Gasteiger partial charge in [0.25, 0.3) is 0 Å². The van der Waals surface area contributed by atoms with Crippen molar-refractivity contribution in [1.29, 1.82) is 0 Å². The molecule has 0 fully saturated rings. The number of nitrogens with zero attached hydrogens (tertiary/aromatic N) is 2.